The van der Waals surface area contributed by atoms with Gasteiger partial charge in [-0.2, -0.15) is 0 Å². The smallest absolute Gasteiger partial charge is 0.130 e. The van der Waals surface area contributed by atoms with Crippen LogP contribution >= 0.6 is 15.9 Å². The van der Waals surface area contributed by atoms with E-state index in [9.17, 15) is 4.39 Å². The highest BCUT2D eigenvalue weighted by Crippen LogP contribution is 2.23. The number of nitrogens with one attached hydrogen (secondary N) is 1. The molecule has 0 aliphatic carbocycles. The number of aryl methyl sites for hydroxylation is 1. The second kappa shape index (κ2) is 6.05. The van der Waals surface area contributed by atoms with Crippen molar-refractivity contribution in [3.63, 3.8) is 0 Å². The first-order valence-electron chi connectivity index (χ1n) is 5.99. The molecule has 0 atom stereocenters. The van der Waals surface area contributed by atoms with Crippen molar-refractivity contribution >= 4 is 21.8 Å². The van der Waals surface area contributed by atoms with E-state index in [-0.39, 0.29) is 12.4 Å². The van der Waals surface area contributed by atoms with E-state index in [1.54, 1.807) is 12.1 Å². The van der Waals surface area contributed by atoms with Crippen molar-refractivity contribution < 1.29 is 9.13 Å². The minimum absolute atomic E-state index is 0.131. The van der Waals surface area contributed by atoms with E-state index in [1.807, 2.05) is 25.1 Å². The van der Waals surface area contributed by atoms with Crippen LogP contribution < -0.4 is 10.5 Å². The fourth-order valence-corrected chi connectivity index (χ4v) is 2.24. The first-order valence-corrected chi connectivity index (χ1v) is 6.78. The Balaban J connectivity index is 2.13. The molecule has 2 rings (SSSR count). The van der Waals surface area contributed by atoms with Crippen molar-refractivity contribution in [1.29, 1.82) is 5.41 Å². The molecule has 0 unspecified atom stereocenters. The van der Waals surface area contributed by atoms with E-state index in [1.165, 1.54) is 6.07 Å². The number of halogens is 2. The molecular formula is C15H14BrFN2O. The summed E-state index contributed by atoms with van der Waals surface area (Å²) in [6.45, 7) is 2.06. The summed E-state index contributed by atoms with van der Waals surface area (Å²) in [5.74, 6) is 0.135. The Morgan fingerprint density at radius 2 is 2.05 bits per heavy atom. The van der Waals surface area contributed by atoms with Gasteiger partial charge in [0, 0.05) is 15.6 Å². The molecule has 0 saturated carbocycles. The van der Waals surface area contributed by atoms with Gasteiger partial charge in [-0.15, -0.1) is 0 Å². The normalized spacial score (nSPS) is 10.3. The molecule has 2 aromatic rings. The van der Waals surface area contributed by atoms with Gasteiger partial charge in [0.25, 0.3) is 0 Å². The van der Waals surface area contributed by atoms with E-state index in [0.717, 1.165) is 10.0 Å². The first-order chi connectivity index (χ1) is 9.47. The van der Waals surface area contributed by atoms with Gasteiger partial charge >= 0.3 is 0 Å². The van der Waals surface area contributed by atoms with Gasteiger partial charge in [0.2, 0.25) is 0 Å². The maximum Gasteiger partial charge on any atom is 0.130 e. The molecule has 104 valence electrons. The van der Waals surface area contributed by atoms with Crippen molar-refractivity contribution in [1.82, 2.24) is 0 Å². The molecule has 0 aliphatic rings. The molecule has 3 nitrogen and oxygen atoms in total. The van der Waals surface area contributed by atoms with Crippen LogP contribution in [0.25, 0.3) is 0 Å². The molecular weight excluding hydrogens is 323 g/mol. The molecule has 0 aliphatic heterocycles. The topological polar surface area (TPSA) is 59.1 Å². The number of hydrogen-bond donors (Lipinski definition) is 2. The van der Waals surface area contributed by atoms with Crippen molar-refractivity contribution in [2.75, 3.05) is 0 Å². The molecule has 0 bridgehead atoms. The third kappa shape index (κ3) is 3.36. The van der Waals surface area contributed by atoms with Crippen molar-refractivity contribution in [3.05, 3.63) is 63.4 Å². The lowest BCUT2D eigenvalue weighted by molar-refractivity contribution is 0.298. The number of rotatable bonds is 4. The predicted octanol–water partition coefficient (Wildman–Crippen LogP) is 3.76. The van der Waals surface area contributed by atoms with Gasteiger partial charge in [-0.25, -0.2) is 4.39 Å². The van der Waals surface area contributed by atoms with Crippen molar-refractivity contribution in [3.8, 4) is 5.75 Å². The van der Waals surface area contributed by atoms with Crippen LogP contribution in [-0.4, -0.2) is 5.84 Å². The minimum Gasteiger partial charge on any atom is -0.489 e. The third-order valence-electron chi connectivity index (χ3n) is 2.88. The Kier molecular flexibility index (Phi) is 4.39. The summed E-state index contributed by atoms with van der Waals surface area (Å²) in [6, 6.07) is 10.1. The maximum absolute atomic E-state index is 13.8. The number of nitrogen functional groups attached to an aromatic ring is 1. The summed E-state index contributed by atoms with van der Waals surface area (Å²) in [6.07, 6.45) is 0. The number of nitrogens with two attached hydrogens (primary N) is 1. The zero-order valence-electron chi connectivity index (χ0n) is 10.9. The Bertz CT molecular complexity index is 658. The van der Waals surface area contributed by atoms with Crippen molar-refractivity contribution in [2.45, 2.75) is 13.5 Å². The van der Waals surface area contributed by atoms with E-state index in [0.29, 0.717) is 16.9 Å². The summed E-state index contributed by atoms with van der Waals surface area (Å²) >= 11 is 3.38. The number of amidine groups is 1. The highest BCUT2D eigenvalue weighted by molar-refractivity contribution is 9.10. The van der Waals surface area contributed by atoms with Gasteiger partial charge in [0.15, 0.2) is 0 Å². The van der Waals surface area contributed by atoms with Crippen LogP contribution in [0.4, 0.5) is 4.39 Å². The lowest BCUT2D eigenvalue weighted by Gasteiger charge is -2.10. The maximum atomic E-state index is 13.8. The van der Waals surface area contributed by atoms with Crippen molar-refractivity contribution in [2.24, 2.45) is 5.73 Å². The third-order valence-corrected chi connectivity index (χ3v) is 3.38. The molecule has 3 N–H and O–H groups in total. The average molecular weight is 337 g/mol. The average Bonchev–Trinajstić information content (AvgIpc) is 2.38. The molecule has 0 amide bonds. The summed E-state index contributed by atoms with van der Waals surface area (Å²) in [5, 5.41) is 7.26. The Labute approximate surface area is 125 Å². The van der Waals surface area contributed by atoms with Gasteiger partial charge in [-0.1, -0.05) is 28.1 Å². The van der Waals surface area contributed by atoms with E-state index in [4.69, 9.17) is 15.9 Å². The zero-order chi connectivity index (χ0) is 14.7. The first kappa shape index (κ1) is 14.5. The number of ether oxygens (including phenoxy) is 1. The lowest BCUT2D eigenvalue weighted by Crippen LogP contribution is -2.12. The molecule has 0 spiro atoms. The fraction of sp³-hybridized carbons (Fsp3) is 0.133. The highest BCUT2D eigenvalue weighted by atomic mass is 79.9. The summed E-state index contributed by atoms with van der Waals surface area (Å²) in [5.41, 5.74) is 7.08. The standard InChI is InChI=1S/C15H14BrFN2O/c1-9-6-12(16)4-5-14(9)20-8-11-3-2-10(15(18)19)7-13(11)17/h2-7H,8H2,1H3,(H3,18,19). The quantitative estimate of drug-likeness (QED) is 0.659. The molecule has 0 fully saturated rings. The predicted molar refractivity (Wildman–Crippen MR) is 80.6 cm³/mol. The van der Waals surface area contributed by atoms with Gasteiger partial charge in [0.1, 0.15) is 24.0 Å². The van der Waals surface area contributed by atoms with Gasteiger partial charge < -0.3 is 10.5 Å². The Morgan fingerprint density at radius 1 is 1.30 bits per heavy atom. The van der Waals surface area contributed by atoms with E-state index >= 15 is 0 Å². The van der Waals surface area contributed by atoms with Crippen LogP contribution in [0.3, 0.4) is 0 Å². The van der Waals surface area contributed by atoms with Crippen LogP contribution in [0.2, 0.25) is 0 Å². The van der Waals surface area contributed by atoms with Crippen LogP contribution in [0.15, 0.2) is 40.9 Å². The largest absolute Gasteiger partial charge is 0.489 e. The number of hydrogen-bond acceptors (Lipinski definition) is 2. The lowest BCUT2D eigenvalue weighted by atomic mass is 10.1. The van der Waals surface area contributed by atoms with Gasteiger partial charge in [-0.3, -0.25) is 5.41 Å². The molecule has 20 heavy (non-hydrogen) atoms. The molecule has 2 aromatic carbocycles. The fourth-order valence-electron chi connectivity index (χ4n) is 1.76. The second-order valence-electron chi connectivity index (χ2n) is 4.42. The second-order valence-corrected chi connectivity index (χ2v) is 5.33. The van der Waals surface area contributed by atoms with E-state index in [2.05, 4.69) is 15.9 Å². The zero-order valence-corrected chi connectivity index (χ0v) is 12.5. The molecule has 0 heterocycles. The van der Waals surface area contributed by atoms with Crippen LogP contribution in [0.1, 0.15) is 16.7 Å². The molecule has 0 radical (unpaired) electrons. The highest BCUT2D eigenvalue weighted by Gasteiger charge is 2.07. The summed E-state index contributed by atoms with van der Waals surface area (Å²) < 4.78 is 20.4. The van der Waals surface area contributed by atoms with Gasteiger partial charge in [-0.05, 0) is 36.8 Å². The van der Waals surface area contributed by atoms with Crippen LogP contribution in [0.5, 0.6) is 5.75 Å². The van der Waals surface area contributed by atoms with E-state index < -0.39 is 5.82 Å². The molecule has 0 aromatic heterocycles. The Morgan fingerprint density at radius 3 is 2.65 bits per heavy atom. The summed E-state index contributed by atoms with van der Waals surface area (Å²) in [4.78, 5) is 0. The number of benzene rings is 2. The Hall–Kier alpha value is -1.88. The van der Waals surface area contributed by atoms with Crippen LogP contribution in [0, 0.1) is 18.2 Å². The monoisotopic (exact) mass is 336 g/mol. The SMILES string of the molecule is Cc1cc(Br)ccc1OCc1ccc(C(=N)N)cc1F. The summed E-state index contributed by atoms with van der Waals surface area (Å²) in [7, 11) is 0. The molecule has 0 saturated heterocycles. The van der Waals surface area contributed by atoms with Gasteiger partial charge in [0.05, 0.1) is 0 Å². The van der Waals surface area contributed by atoms with Crippen LogP contribution in [-0.2, 0) is 6.61 Å². The minimum atomic E-state index is -0.424. The molecule has 5 heteroatoms.